The van der Waals surface area contributed by atoms with E-state index in [1.807, 2.05) is 35.2 Å². The number of nitrogens with one attached hydrogen (secondary N) is 1. The van der Waals surface area contributed by atoms with Crippen LogP contribution in [0.4, 0.5) is 11.6 Å². The molecule has 142 valence electrons. The third-order valence-corrected chi connectivity index (χ3v) is 5.51. The summed E-state index contributed by atoms with van der Waals surface area (Å²) in [7, 11) is 0. The SMILES string of the molecule is Nc1nc(C(=O)N2Cc3ccccc3C2)c2cc(N3CCNCC3)ccc2n1. The van der Waals surface area contributed by atoms with Gasteiger partial charge in [0.25, 0.3) is 5.91 Å². The fraction of sp³-hybridized carbons (Fsp3) is 0.286. The summed E-state index contributed by atoms with van der Waals surface area (Å²) in [6.07, 6.45) is 0. The summed E-state index contributed by atoms with van der Waals surface area (Å²) in [5.74, 6) is 0.0234. The van der Waals surface area contributed by atoms with E-state index in [1.54, 1.807) is 0 Å². The maximum absolute atomic E-state index is 13.3. The molecule has 1 saturated heterocycles. The summed E-state index contributed by atoms with van der Waals surface area (Å²) in [4.78, 5) is 26.1. The summed E-state index contributed by atoms with van der Waals surface area (Å²) >= 11 is 0. The summed E-state index contributed by atoms with van der Waals surface area (Å²) in [6.45, 7) is 4.97. The van der Waals surface area contributed by atoms with Crippen LogP contribution in [0.25, 0.3) is 10.9 Å². The number of rotatable bonds is 2. The highest BCUT2D eigenvalue weighted by molar-refractivity contribution is 6.05. The fourth-order valence-electron chi connectivity index (χ4n) is 4.04. The molecule has 7 nitrogen and oxygen atoms in total. The first-order valence-electron chi connectivity index (χ1n) is 9.58. The van der Waals surface area contributed by atoms with E-state index >= 15 is 0 Å². The molecule has 28 heavy (non-hydrogen) atoms. The van der Waals surface area contributed by atoms with Crippen molar-refractivity contribution in [3.8, 4) is 0 Å². The van der Waals surface area contributed by atoms with Crippen LogP contribution in [-0.2, 0) is 13.1 Å². The van der Waals surface area contributed by atoms with Crippen LogP contribution in [0, 0.1) is 0 Å². The van der Waals surface area contributed by atoms with Gasteiger partial charge in [-0.3, -0.25) is 4.79 Å². The van der Waals surface area contributed by atoms with Gasteiger partial charge in [-0.2, -0.15) is 0 Å². The smallest absolute Gasteiger partial charge is 0.273 e. The summed E-state index contributed by atoms with van der Waals surface area (Å²) in [6, 6.07) is 14.1. The standard InChI is InChI=1S/C21H22N6O/c22-21-24-18-6-5-16(26-9-7-23-8-10-26)11-17(18)19(25-21)20(28)27-12-14-3-1-2-4-15(14)13-27/h1-6,11,23H,7-10,12-13H2,(H2,22,24,25). The highest BCUT2D eigenvalue weighted by Crippen LogP contribution is 2.28. The number of benzene rings is 2. The van der Waals surface area contributed by atoms with Crippen molar-refractivity contribution in [2.24, 2.45) is 0 Å². The highest BCUT2D eigenvalue weighted by Gasteiger charge is 2.27. The molecular weight excluding hydrogens is 352 g/mol. The van der Waals surface area contributed by atoms with E-state index in [0.29, 0.717) is 24.3 Å². The first kappa shape index (κ1) is 16.9. The number of amides is 1. The Morgan fingerprint density at radius 3 is 2.43 bits per heavy atom. The van der Waals surface area contributed by atoms with Crippen LogP contribution in [-0.4, -0.2) is 47.0 Å². The molecule has 3 aromatic rings. The Morgan fingerprint density at radius 2 is 1.71 bits per heavy atom. The molecule has 0 atom stereocenters. The minimum absolute atomic E-state index is 0.104. The Labute approximate surface area is 163 Å². The predicted octanol–water partition coefficient (Wildman–Crippen LogP) is 1.78. The van der Waals surface area contributed by atoms with Crippen LogP contribution < -0.4 is 16.0 Å². The lowest BCUT2D eigenvalue weighted by Gasteiger charge is -2.29. The first-order chi connectivity index (χ1) is 13.7. The van der Waals surface area contributed by atoms with Gasteiger partial charge in [-0.05, 0) is 29.3 Å². The van der Waals surface area contributed by atoms with E-state index in [-0.39, 0.29) is 11.9 Å². The topological polar surface area (TPSA) is 87.4 Å². The van der Waals surface area contributed by atoms with Gasteiger partial charge in [0.2, 0.25) is 5.95 Å². The molecule has 2 aliphatic heterocycles. The van der Waals surface area contributed by atoms with Gasteiger partial charge < -0.3 is 20.9 Å². The van der Waals surface area contributed by atoms with Gasteiger partial charge in [-0.15, -0.1) is 0 Å². The second-order valence-corrected chi connectivity index (χ2v) is 7.30. The lowest BCUT2D eigenvalue weighted by Crippen LogP contribution is -2.43. The van der Waals surface area contributed by atoms with Crippen LogP contribution in [0.2, 0.25) is 0 Å². The lowest BCUT2D eigenvalue weighted by molar-refractivity contribution is 0.0747. The minimum Gasteiger partial charge on any atom is -0.369 e. The van der Waals surface area contributed by atoms with E-state index in [2.05, 4.69) is 32.3 Å². The Hall–Kier alpha value is -3.19. The number of anilines is 2. The van der Waals surface area contributed by atoms with Crippen molar-refractivity contribution in [3.05, 3.63) is 59.3 Å². The number of nitrogens with two attached hydrogens (primary N) is 1. The quantitative estimate of drug-likeness (QED) is 0.711. The van der Waals surface area contributed by atoms with Crippen molar-refractivity contribution < 1.29 is 4.79 Å². The normalized spacial score (nSPS) is 16.4. The molecule has 1 fully saturated rings. The molecule has 1 aromatic heterocycles. The summed E-state index contributed by atoms with van der Waals surface area (Å²) < 4.78 is 0. The van der Waals surface area contributed by atoms with E-state index in [0.717, 1.165) is 37.3 Å². The van der Waals surface area contributed by atoms with Gasteiger partial charge in [-0.1, -0.05) is 24.3 Å². The van der Waals surface area contributed by atoms with Crippen molar-refractivity contribution in [2.45, 2.75) is 13.1 Å². The number of aromatic nitrogens is 2. The number of piperazine rings is 1. The number of hydrogen-bond acceptors (Lipinski definition) is 6. The predicted molar refractivity (Wildman–Crippen MR) is 109 cm³/mol. The van der Waals surface area contributed by atoms with Gasteiger partial charge in [0.1, 0.15) is 5.69 Å². The average molecular weight is 374 g/mol. The average Bonchev–Trinajstić information content (AvgIpc) is 3.17. The minimum atomic E-state index is -0.104. The molecule has 2 aliphatic rings. The zero-order valence-electron chi connectivity index (χ0n) is 15.6. The van der Waals surface area contributed by atoms with Gasteiger partial charge in [0.15, 0.2) is 0 Å². The van der Waals surface area contributed by atoms with Crippen LogP contribution >= 0.6 is 0 Å². The van der Waals surface area contributed by atoms with Gasteiger partial charge >= 0.3 is 0 Å². The molecule has 2 aromatic carbocycles. The molecule has 0 spiro atoms. The largest absolute Gasteiger partial charge is 0.369 e. The van der Waals surface area contributed by atoms with Crippen molar-refractivity contribution in [2.75, 3.05) is 36.8 Å². The zero-order chi connectivity index (χ0) is 19.1. The molecule has 1 amide bonds. The molecule has 3 N–H and O–H groups in total. The zero-order valence-corrected chi connectivity index (χ0v) is 15.6. The lowest BCUT2D eigenvalue weighted by atomic mass is 10.1. The maximum Gasteiger partial charge on any atom is 0.273 e. The molecule has 3 heterocycles. The number of carbonyl (C=O) groups excluding carboxylic acids is 1. The number of nitrogen functional groups attached to an aromatic ring is 1. The van der Waals surface area contributed by atoms with Crippen LogP contribution in [0.3, 0.4) is 0 Å². The second-order valence-electron chi connectivity index (χ2n) is 7.30. The van der Waals surface area contributed by atoms with Crippen molar-refractivity contribution in [3.63, 3.8) is 0 Å². The first-order valence-corrected chi connectivity index (χ1v) is 9.58. The molecular formula is C21H22N6O. The molecule has 5 rings (SSSR count). The molecule has 0 saturated carbocycles. The van der Waals surface area contributed by atoms with Gasteiger partial charge in [-0.25, -0.2) is 9.97 Å². The Morgan fingerprint density at radius 1 is 1.00 bits per heavy atom. The number of nitrogens with zero attached hydrogens (tertiary/aromatic N) is 4. The summed E-state index contributed by atoms with van der Waals surface area (Å²) in [5.41, 5.74) is 10.4. The molecule has 0 bridgehead atoms. The second kappa shape index (κ2) is 6.76. The number of hydrogen-bond donors (Lipinski definition) is 2. The number of carbonyl (C=O) groups is 1. The van der Waals surface area contributed by atoms with E-state index in [9.17, 15) is 4.79 Å². The third-order valence-electron chi connectivity index (χ3n) is 5.51. The molecule has 0 aliphatic carbocycles. The Balaban J connectivity index is 1.53. The van der Waals surface area contributed by atoms with Crippen LogP contribution in [0.15, 0.2) is 42.5 Å². The monoisotopic (exact) mass is 374 g/mol. The third kappa shape index (κ3) is 2.93. The fourth-order valence-corrected chi connectivity index (χ4v) is 4.04. The van der Waals surface area contributed by atoms with Crippen molar-refractivity contribution in [1.82, 2.24) is 20.2 Å². The van der Waals surface area contributed by atoms with Gasteiger partial charge in [0, 0.05) is 50.3 Å². The van der Waals surface area contributed by atoms with Crippen molar-refractivity contribution in [1.29, 1.82) is 0 Å². The molecule has 0 radical (unpaired) electrons. The number of fused-ring (bicyclic) bond motifs is 2. The van der Waals surface area contributed by atoms with Crippen molar-refractivity contribution >= 4 is 28.4 Å². The summed E-state index contributed by atoms with van der Waals surface area (Å²) in [5, 5.41) is 4.12. The van der Waals surface area contributed by atoms with E-state index in [4.69, 9.17) is 5.73 Å². The Kier molecular flexibility index (Phi) is 4.09. The molecule has 7 heteroatoms. The van der Waals surface area contributed by atoms with E-state index in [1.165, 1.54) is 11.1 Å². The van der Waals surface area contributed by atoms with E-state index < -0.39 is 0 Å². The maximum atomic E-state index is 13.3. The van der Waals surface area contributed by atoms with Gasteiger partial charge in [0.05, 0.1) is 5.52 Å². The van der Waals surface area contributed by atoms with Crippen LogP contribution in [0.5, 0.6) is 0 Å². The molecule has 0 unspecified atom stereocenters. The Bertz CT molecular complexity index is 1030. The highest BCUT2D eigenvalue weighted by atomic mass is 16.2. The van der Waals surface area contributed by atoms with Crippen LogP contribution in [0.1, 0.15) is 21.6 Å².